The number of benzene rings is 1. The number of hydrogen-bond donors (Lipinski definition) is 2. The van der Waals surface area contributed by atoms with Gasteiger partial charge < -0.3 is 20.1 Å². The second-order valence-corrected chi connectivity index (χ2v) is 7.77. The average Bonchev–Trinajstić information content (AvgIpc) is 3.22. The Kier molecular flexibility index (Phi) is 10.5. The Morgan fingerprint density at radius 2 is 1.77 bits per heavy atom. The topological polar surface area (TPSA) is 73.6 Å². The van der Waals surface area contributed by atoms with Gasteiger partial charge in [0.15, 0.2) is 5.96 Å². The van der Waals surface area contributed by atoms with Gasteiger partial charge >= 0.3 is 0 Å². The van der Waals surface area contributed by atoms with E-state index in [-0.39, 0.29) is 24.0 Å². The van der Waals surface area contributed by atoms with E-state index in [1.807, 2.05) is 7.05 Å². The fraction of sp³-hybridized carbons (Fsp3) is 0.591. The van der Waals surface area contributed by atoms with Gasteiger partial charge in [-0.3, -0.25) is 9.89 Å². The monoisotopic (exact) mass is 540 g/mol. The average molecular weight is 540 g/mol. The maximum Gasteiger partial charge on any atom is 0.191 e. The smallest absolute Gasteiger partial charge is 0.191 e. The van der Waals surface area contributed by atoms with Crippen LogP contribution in [0.5, 0.6) is 0 Å². The third-order valence-corrected chi connectivity index (χ3v) is 5.89. The van der Waals surface area contributed by atoms with Crippen LogP contribution in [-0.2, 0) is 13.0 Å². The molecule has 1 aliphatic heterocycles. The summed E-state index contributed by atoms with van der Waals surface area (Å²) in [6.45, 7) is 14.4. The van der Waals surface area contributed by atoms with Crippen LogP contribution in [0.2, 0.25) is 0 Å². The van der Waals surface area contributed by atoms with E-state index in [1.54, 1.807) is 6.33 Å². The van der Waals surface area contributed by atoms with Gasteiger partial charge in [0.05, 0.1) is 0 Å². The van der Waals surface area contributed by atoms with Crippen molar-refractivity contribution >= 4 is 35.6 Å². The van der Waals surface area contributed by atoms with Gasteiger partial charge in [0.25, 0.3) is 0 Å². The van der Waals surface area contributed by atoms with Crippen LogP contribution >= 0.6 is 24.0 Å². The first-order valence-electron chi connectivity index (χ1n) is 11.0. The van der Waals surface area contributed by atoms with Crippen molar-refractivity contribution in [2.75, 3.05) is 57.8 Å². The number of aryl methyl sites for hydroxylation is 2. The van der Waals surface area contributed by atoms with Gasteiger partial charge in [-0.05, 0) is 31.0 Å². The fourth-order valence-corrected chi connectivity index (χ4v) is 3.88. The molecule has 0 amide bonds. The summed E-state index contributed by atoms with van der Waals surface area (Å²) in [6.07, 6.45) is 2.68. The maximum atomic E-state index is 4.33. The fourth-order valence-electron chi connectivity index (χ4n) is 3.88. The lowest BCUT2D eigenvalue weighted by atomic mass is 10.1. The molecule has 9 heteroatoms. The lowest BCUT2D eigenvalue weighted by Gasteiger charge is -2.37. The summed E-state index contributed by atoms with van der Waals surface area (Å²) in [5.74, 6) is 1.86. The molecule has 172 valence electrons. The Bertz CT molecular complexity index is 827. The van der Waals surface area contributed by atoms with E-state index in [0.29, 0.717) is 0 Å². The quantitative estimate of drug-likeness (QED) is 0.304. The van der Waals surface area contributed by atoms with Crippen LogP contribution in [0.15, 0.2) is 29.5 Å². The molecule has 0 radical (unpaired) electrons. The summed E-state index contributed by atoms with van der Waals surface area (Å²) in [6, 6.07) is 6.61. The Morgan fingerprint density at radius 3 is 2.45 bits per heavy atom. The minimum Gasteiger partial charge on any atom is -0.369 e. The number of nitrogens with zero attached hydrogens (tertiary/aromatic N) is 6. The number of anilines is 1. The normalized spacial score (nSPS) is 15.0. The highest BCUT2D eigenvalue weighted by molar-refractivity contribution is 14.0. The number of piperazine rings is 1. The molecule has 31 heavy (non-hydrogen) atoms. The molecule has 1 aromatic heterocycles. The first-order chi connectivity index (χ1) is 14.6. The molecule has 2 aromatic rings. The van der Waals surface area contributed by atoms with E-state index < -0.39 is 0 Å². The van der Waals surface area contributed by atoms with Crippen molar-refractivity contribution in [1.82, 2.24) is 30.3 Å². The Morgan fingerprint density at radius 1 is 1.06 bits per heavy atom. The number of rotatable bonds is 8. The Balaban J connectivity index is 0.00000341. The molecule has 1 aliphatic rings. The van der Waals surface area contributed by atoms with Crippen molar-refractivity contribution in [3.05, 3.63) is 41.5 Å². The molecular weight excluding hydrogens is 503 g/mol. The van der Waals surface area contributed by atoms with Crippen molar-refractivity contribution in [2.24, 2.45) is 4.99 Å². The van der Waals surface area contributed by atoms with Crippen LogP contribution in [0.4, 0.5) is 5.69 Å². The lowest BCUT2D eigenvalue weighted by Crippen LogP contribution is -2.49. The van der Waals surface area contributed by atoms with E-state index in [0.717, 1.165) is 70.6 Å². The maximum absolute atomic E-state index is 4.33. The Labute approximate surface area is 203 Å². The first-order valence-corrected chi connectivity index (χ1v) is 11.0. The van der Waals surface area contributed by atoms with Crippen LogP contribution < -0.4 is 15.5 Å². The van der Waals surface area contributed by atoms with Crippen LogP contribution in [0.1, 0.15) is 23.9 Å². The molecule has 1 aromatic carbocycles. The Hall–Kier alpha value is -1.88. The largest absolute Gasteiger partial charge is 0.369 e. The van der Waals surface area contributed by atoms with Crippen LogP contribution in [0.25, 0.3) is 0 Å². The van der Waals surface area contributed by atoms with Crippen LogP contribution in [0.3, 0.4) is 0 Å². The van der Waals surface area contributed by atoms with Gasteiger partial charge in [0, 0.05) is 71.5 Å². The molecule has 0 aliphatic carbocycles. The summed E-state index contributed by atoms with van der Waals surface area (Å²) >= 11 is 0. The van der Waals surface area contributed by atoms with Gasteiger partial charge in [-0.25, -0.2) is 0 Å². The summed E-state index contributed by atoms with van der Waals surface area (Å²) < 4.78 is 2.08. The van der Waals surface area contributed by atoms with Gasteiger partial charge in [0.1, 0.15) is 12.2 Å². The third-order valence-electron chi connectivity index (χ3n) is 5.89. The highest BCUT2D eigenvalue weighted by Gasteiger charge is 2.18. The van der Waals surface area contributed by atoms with Crippen LogP contribution in [0, 0.1) is 13.8 Å². The minimum atomic E-state index is 0. The molecule has 2 heterocycles. The zero-order valence-electron chi connectivity index (χ0n) is 19.3. The molecule has 0 bridgehead atoms. The molecule has 0 saturated carbocycles. The van der Waals surface area contributed by atoms with Gasteiger partial charge in [-0.2, -0.15) is 0 Å². The lowest BCUT2D eigenvalue weighted by molar-refractivity contribution is 0.261. The summed E-state index contributed by atoms with van der Waals surface area (Å²) in [4.78, 5) is 9.37. The standard InChI is InChI=1S/C22H36N8.HI/c1-5-21-27-26-17-30(21)12-10-25-22(23-4)24-9-11-28-13-15-29(16-14-28)20-8-6-7-18(2)19(20)3;/h6-8,17H,5,9-16H2,1-4H3,(H2,23,24,25);1H. The number of halogens is 1. The molecule has 1 fully saturated rings. The predicted octanol–water partition coefficient (Wildman–Crippen LogP) is 2.06. The number of hydrogen-bond acceptors (Lipinski definition) is 5. The summed E-state index contributed by atoms with van der Waals surface area (Å²) in [5.41, 5.74) is 4.16. The molecule has 1 saturated heterocycles. The number of guanidine groups is 1. The first kappa shape index (κ1) is 25.4. The van der Waals surface area contributed by atoms with E-state index >= 15 is 0 Å². The van der Waals surface area contributed by atoms with Gasteiger partial charge in [0.2, 0.25) is 0 Å². The van der Waals surface area contributed by atoms with Crippen LogP contribution in [-0.4, -0.2) is 78.5 Å². The van der Waals surface area contributed by atoms with E-state index in [4.69, 9.17) is 0 Å². The molecule has 2 N–H and O–H groups in total. The molecule has 0 unspecified atom stereocenters. The number of aromatic nitrogens is 3. The highest BCUT2D eigenvalue weighted by atomic mass is 127. The highest BCUT2D eigenvalue weighted by Crippen LogP contribution is 2.23. The number of nitrogens with one attached hydrogen (secondary N) is 2. The van der Waals surface area contributed by atoms with Crippen molar-refractivity contribution in [3.8, 4) is 0 Å². The van der Waals surface area contributed by atoms with Crippen molar-refractivity contribution < 1.29 is 0 Å². The minimum absolute atomic E-state index is 0. The van der Waals surface area contributed by atoms with E-state index in [2.05, 4.69) is 79.2 Å². The van der Waals surface area contributed by atoms with Gasteiger partial charge in [-0.1, -0.05) is 19.1 Å². The van der Waals surface area contributed by atoms with Crippen molar-refractivity contribution in [2.45, 2.75) is 33.7 Å². The predicted molar refractivity (Wildman–Crippen MR) is 139 cm³/mol. The van der Waals surface area contributed by atoms with Gasteiger partial charge in [-0.15, -0.1) is 34.2 Å². The molecule has 0 spiro atoms. The number of aliphatic imine (C=N–C) groups is 1. The molecule has 3 rings (SSSR count). The zero-order chi connectivity index (χ0) is 21.3. The second-order valence-electron chi connectivity index (χ2n) is 7.77. The van der Waals surface area contributed by atoms with Crippen molar-refractivity contribution in [1.29, 1.82) is 0 Å². The second kappa shape index (κ2) is 12.8. The molecule has 0 atom stereocenters. The SMILES string of the molecule is CCc1nncn1CCNC(=NC)NCCN1CCN(c2cccc(C)c2C)CC1.I. The van der Waals surface area contributed by atoms with Crippen molar-refractivity contribution in [3.63, 3.8) is 0 Å². The van der Waals surface area contributed by atoms with E-state index in [1.165, 1.54) is 16.8 Å². The summed E-state index contributed by atoms with van der Waals surface area (Å²) in [7, 11) is 1.81. The molecule has 8 nitrogen and oxygen atoms in total. The third kappa shape index (κ3) is 7.06. The van der Waals surface area contributed by atoms with E-state index in [9.17, 15) is 0 Å². The zero-order valence-corrected chi connectivity index (χ0v) is 21.6. The summed E-state index contributed by atoms with van der Waals surface area (Å²) in [5, 5.41) is 14.9. The molecular formula is C22H37IN8.